The van der Waals surface area contributed by atoms with Crippen LogP contribution in [0.2, 0.25) is 0 Å². The van der Waals surface area contributed by atoms with Crippen molar-refractivity contribution in [2.45, 2.75) is 52.7 Å². The van der Waals surface area contributed by atoms with Gasteiger partial charge >= 0.3 is 5.91 Å². The number of Topliss-reactive ketones (excluding diaryl/α,β-unsaturated/α-hetero) is 1. The second-order valence-corrected chi connectivity index (χ2v) is 9.21. The second kappa shape index (κ2) is 9.70. The van der Waals surface area contributed by atoms with Gasteiger partial charge in [-0.25, -0.2) is 0 Å². The summed E-state index contributed by atoms with van der Waals surface area (Å²) in [5.41, 5.74) is 2.90. The first-order valence-electron chi connectivity index (χ1n) is 11.7. The van der Waals surface area contributed by atoms with E-state index in [1.54, 1.807) is 55.5 Å². The number of aromatic nitrogens is 2. The van der Waals surface area contributed by atoms with Crippen molar-refractivity contribution < 1.29 is 19.4 Å². The number of nitrogens with zero attached hydrogens (tertiary/aromatic N) is 3. The summed E-state index contributed by atoms with van der Waals surface area (Å²) in [4.78, 5) is 27.8. The fourth-order valence-corrected chi connectivity index (χ4v) is 4.09. The van der Waals surface area contributed by atoms with Gasteiger partial charge in [0.25, 0.3) is 5.78 Å². The van der Waals surface area contributed by atoms with Crippen LogP contribution in [0.15, 0.2) is 66.2 Å². The normalized spacial score (nSPS) is 17.5. The average molecular weight is 472 g/mol. The minimum Gasteiger partial charge on any atom is -0.507 e. The molecule has 0 aliphatic carbocycles. The maximum Gasteiger partial charge on any atom is 0.301 e. The molecule has 7 heteroatoms. The summed E-state index contributed by atoms with van der Waals surface area (Å²) >= 11 is 0. The molecule has 1 aliphatic heterocycles. The number of carbonyl (C=O) groups excluding carboxylic acids is 2. The lowest BCUT2D eigenvalue weighted by Gasteiger charge is -2.24. The van der Waals surface area contributed by atoms with E-state index in [4.69, 9.17) is 4.74 Å². The van der Waals surface area contributed by atoms with Gasteiger partial charge in [-0.2, -0.15) is 5.10 Å². The van der Waals surface area contributed by atoms with Crippen LogP contribution < -0.4 is 9.64 Å². The van der Waals surface area contributed by atoms with E-state index < -0.39 is 17.7 Å². The Kier molecular flexibility index (Phi) is 6.69. The van der Waals surface area contributed by atoms with Gasteiger partial charge in [0.15, 0.2) is 5.82 Å². The number of aliphatic hydroxyl groups excluding tert-OH is 1. The Balaban J connectivity index is 1.86. The van der Waals surface area contributed by atoms with Crippen LogP contribution in [0.1, 0.15) is 62.0 Å². The second-order valence-electron chi connectivity index (χ2n) is 9.21. The molecule has 0 radical (unpaired) electrons. The molecule has 4 rings (SSSR count). The van der Waals surface area contributed by atoms with E-state index in [2.05, 4.69) is 24.0 Å². The summed E-state index contributed by atoms with van der Waals surface area (Å²) in [7, 11) is 0. The van der Waals surface area contributed by atoms with Crippen LogP contribution in [0, 0.1) is 6.92 Å². The minimum absolute atomic E-state index is 0.00290. The number of anilines is 1. The summed E-state index contributed by atoms with van der Waals surface area (Å²) in [5, 5.41) is 19.5. The van der Waals surface area contributed by atoms with Gasteiger partial charge in [0.2, 0.25) is 0 Å². The molecule has 2 aromatic carbocycles. The molecule has 3 aromatic rings. The largest absolute Gasteiger partial charge is 0.507 e. The number of aliphatic hydroxyl groups is 1. The van der Waals surface area contributed by atoms with Gasteiger partial charge in [0.05, 0.1) is 23.4 Å². The molecule has 1 aromatic heterocycles. The summed E-state index contributed by atoms with van der Waals surface area (Å²) in [5.74, 6) is -0.543. The quantitative estimate of drug-likeness (QED) is 0.297. The Hall–Kier alpha value is -4.00. The Labute approximate surface area is 205 Å². The van der Waals surface area contributed by atoms with Gasteiger partial charge in [0.1, 0.15) is 11.5 Å². The first-order valence-corrected chi connectivity index (χ1v) is 11.7. The van der Waals surface area contributed by atoms with Crippen molar-refractivity contribution in [3.8, 4) is 5.75 Å². The number of benzene rings is 2. The molecule has 0 saturated carbocycles. The Bertz CT molecular complexity index is 1260. The van der Waals surface area contributed by atoms with Crippen molar-refractivity contribution in [2.75, 3.05) is 4.90 Å². The van der Waals surface area contributed by atoms with E-state index in [0.717, 1.165) is 5.56 Å². The summed E-state index contributed by atoms with van der Waals surface area (Å²) in [6, 6.07) is 17.0. The number of ketones is 1. The molecule has 1 saturated heterocycles. The van der Waals surface area contributed by atoms with E-state index in [0.29, 0.717) is 28.5 Å². The van der Waals surface area contributed by atoms with Gasteiger partial charge in [-0.3, -0.25) is 14.5 Å². The van der Waals surface area contributed by atoms with Crippen LogP contribution in [0.3, 0.4) is 0 Å². The highest BCUT2D eigenvalue weighted by Gasteiger charge is 2.47. The number of amides is 1. The number of carbonyl (C=O) groups is 2. The fourth-order valence-electron chi connectivity index (χ4n) is 4.09. The summed E-state index contributed by atoms with van der Waals surface area (Å²) in [6.45, 7) is 9.81. The number of ether oxygens (including phenoxy) is 1. The zero-order chi connectivity index (χ0) is 25.3. The van der Waals surface area contributed by atoms with Gasteiger partial charge in [0, 0.05) is 5.56 Å². The van der Waals surface area contributed by atoms with Crippen molar-refractivity contribution >= 4 is 23.3 Å². The van der Waals surface area contributed by atoms with Gasteiger partial charge in [-0.05, 0) is 62.1 Å². The first-order chi connectivity index (χ1) is 16.7. The van der Waals surface area contributed by atoms with Crippen molar-refractivity contribution in [1.29, 1.82) is 0 Å². The lowest BCUT2D eigenvalue weighted by molar-refractivity contribution is -0.132. The SMILES string of the molecule is Cc1ccc(N2C(=O)C(=O)C(=C(O)c3ccc(C(C)C)cc3)C2c2ccc(OC(C)C)cc2)nn1. The van der Waals surface area contributed by atoms with E-state index in [-0.39, 0.29) is 23.3 Å². The predicted octanol–water partition coefficient (Wildman–Crippen LogP) is 5.32. The molecule has 1 aliphatic rings. The Morgan fingerprint density at radius 2 is 1.57 bits per heavy atom. The van der Waals surface area contributed by atoms with Gasteiger partial charge in [-0.15, -0.1) is 5.10 Å². The molecule has 180 valence electrons. The molecule has 0 bridgehead atoms. The van der Waals surface area contributed by atoms with Crippen LogP contribution in [-0.4, -0.2) is 33.1 Å². The number of hydrogen-bond donors (Lipinski definition) is 1. The molecule has 1 unspecified atom stereocenters. The minimum atomic E-state index is -0.870. The summed E-state index contributed by atoms with van der Waals surface area (Å²) < 4.78 is 5.74. The number of hydrogen-bond acceptors (Lipinski definition) is 6. The molecule has 35 heavy (non-hydrogen) atoms. The number of rotatable bonds is 6. The van der Waals surface area contributed by atoms with Crippen molar-refractivity contribution in [2.24, 2.45) is 0 Å². The molecular formula is C28H29N3O4. The van der Waals surface area contributed by atoms with E-state index >= 15 is 0 Å². The molecule has 1 atom stereocenters. The molecule has 1 amide bonds. The van der Waals surface area contributed by atoms with E-state index in [1.807, 2.05) is 26.0 Å². The Morgan fingerprint density at radius 3 is 2.11 bits per heavy atom. The van der Waals surface area contributed by atoms with Gasteiger partial charge < -0.3 is 9.84 Å². The van der Waals surface area contributed by atoms with Crippen molar-refractivity contribution in [1.82, 2.24) is 10.2 Å². The van der Waals surface area contributed by atoms with Crippen molar-refractivity contribution in [3.05, 3.63) is 88.6 Å². The third kappa shape index (κ3) is 4.80. The van der Waals surface area contributed by atoms with Crippen LogP contribution in [-0.2, 0) is 9.59 Å². The molecule has 1 N–H and O–H groups in total. The van der Waals surface area contributed by atoms with E-state index in [1.165, 1.54) is 4.90 Å². The van der Waals surface area contributed by atoms with Crippen molar-refractivity contribution in [3.63, 3.8) is 0 Å². The highest BCUT2D eigenvalue weighted by atomic mass is 16.5. The Morgan fingerprint density at radius 1 is 0.914 bits per heavy atom. The van der Waals surface area contributed by atoms with Gasteiger partial charge in [-0.1, -0.05) is 50.2 Å². The lowest BCUT2D eigenvalue weighted by Crippen LogP contribution is -2.30. The maximum absolute atomic E-state index is 13.3. The maximum atomic E-state index is 13.3. The zero-order valence-electron chi connectivity index (χ0n) is 20.5. The van der Waals surface area contributed by atoms with Crippen LogP contribution in [0.25, 0.3) is 5.76 Å². The fraction of sp³-hybridized carbons (Fsp3) is 0.286. The van der Waals surface area contributed by atoms with Crippen LogP contribution in [0.4, 0.5) is 5.82 Å². The molecule has 1 fully saturated rings. The molecule has 0 spiro atoms. The summed E-state index contributed by atoms with van der Waals surface area (Å²) in [6.07, 6.45) is 0.00290. The zero-order valence-corrected chi connectivity index (χ0v) is 20.5. The monoisotopic (exact) mass is 471 g/mol. The third-order valence-electron chi connectivity index (χ3n) is 5.89. The highest BCUT2D eigenvalue weighted by molar-refractivity contribution is 6.51. The molecular weight excluding hydrogens is 442 g/mol. The first kappa shape index (κ1) is 24.1. The topological polar surface area (TPSA) is 92.6 Å². The van der Waals surface area contributed by atoms with E-state index in [9.17, 15) is 14.7 Å². The average Bonchev–Trinajstić information content (AvgIpc) is 3.10. The van der Waals surface area contributed by atoms with Crippen LogP contribution >= 0.6 is 0 Å². The standard InChI is InChI=1S/C28H29N3O4/c1-16(2)19-7-9-21(10-8-19)26(32)24-25(20-11-13-22(14-12-20)35-17(3)4)31(28(34)27(24)33)23-15-6-18(5)29-30-23/h6-17,25,32H,1-5H3. The molecule has 2 heterocycles. The lowest BCUT2D eigenvalue weighted by atomic mass is 9.94. The molecule has 7 nitrogen and oxygen atoms in total. The predicted molar refractivity (Wildman–Crippen MR) is 134 cm³/mol. The van der Waals surface area contributed by atoms with Crippen LogP contribution in [0.5, 0.6) is 5.75 Å². The number of aryl methyl sites for hydroxylation is 1. The third-order valence-corrected chi connectivity index (χ3v) is 5.89. The highest BCUT2D eigenvalue weighted by Crippen LogP contribution is 2.42. The smallest absolute Gasteiger partial charge is 0.301 e.